The van der Waals surface area contributed by atoms with Crippen LogP contribution in [0, 0.1) is 0 Å². The second-order valence-corrected chi connectivity index (χ2v) is 6.49. The molecule has 2 rings (SSSR count). The molecule has 2 aromatic carbocycles. The zero-order valence-electron chi connectivity index (χ0n) is 18.3. The summed E-state index contributed by atoms with van der Waals surface area (Å²) in [6, 6.07) is 14.5. The molecular formula is C23H25Cl2NO6. The molecule has 0 amide bonds. The number of alkyl halides is 2. The Labute approximate surface area is 197 Å². The lowest BCUT2D eigenvalue weighted by Gasteiger charge is -2.09. The van der Waals surface area contributed by atoms with Crippen LogP contribution in [0.2, 0.25) is 0 Å². The Kier molecular flexibility index (Phi) is 12.6. The van der Waals surface area contributed by atoms with E-state index in [9.17, 15) is 9.59 Å². The van der Waals surface area contributed by atoms with Crippen LogP contribution in [0.3, 0.4) is 0 Å². The lowest BCUT2D eigenvalue weighted by Crippen LogP contribution is -2.19. The first-order valence-corrected chi connectivity index (χ1v) is 10.3. The maximum Gasteiger partial charge on any atom is 0.360 e. The SMILES string of the molecule is CO/C=C(/C(=O)OC)c1ccccc1CCl.CO/N=C(/C(=O)OC)c1ccccc1CCl. The summed E-state index contributed by atoms with van der Waals surface area (Å²) >= 11 is 11.6. The second kappa shape index (κ2) is 14.9. The minimum Gasteiger partial charge on any atom is -0.503 e. The van der Waals surface area contributed by atoms with E-state index in [0.29, 0.717) is 17.0 Å². The van der Waals surface area contributed by atoms with Gasteiger partial charge in [0.15, 0.2) is 5.71 Å². The summed E-state index contributed by atoms with van der Waals surface area (Å²) in [5.41, 5.74) is 3.48. The van der Waals surface area contributed by atoms with Crippen LogP contribution in [0.4, 0.5) is 0 Å². The zero-order valence-corrected chi connectivity index (χ0v) is 19.8. The molecule has 172 valence electrons. The van der Waals surface area contributed by atoms with E-state index in [1.807, 2.05) is 30.3 Å². The van der Waals surface area contributed by atoms with Gasteiger partial charge in [-0.15, -0.1) is 23.2 Å². The van der Waals surface area contributed by atoms with Crippen molar-refractivity contribution >= 4 is 46.4 Å². The van der Waals surface area contributed by atoms with Gasteiger partial charge in [-0.3, -0.25) is 0 Å². The van der Waals surface area contributed by atoms with E-state index in [2.05, 4.69) is 19.5 Å². The van der Waals surface area contributed by atoms with Crippen LogP contribution in [0.5, 0.6) is 0 Å². The monoisotopic (exact) mass is 481 g/mol. The number of halogens is 2. The number of ether oxygens (including phenoxy) is 3. The van der Waals surface area contributed by atoms with Crippen LogP contribution in [0.25, 0.3) is 5.57 Å². The normalized spacial score (nSPS) is 11.1. The molecule has 0 bridgehead atoms. The highest BCUT2D eigenvalue weighted by molar-refractivity contribution is 6.43. The molecule has 0 aliphatic heterocycles. The number of rotatable bonds is 8. The molecule has 0 saturated carbocycles. The molecule has 2 aromatic rings. The number of carbonyl (C=O) groups is 2. The molecule has 32 heavy (non-hydrogen) atoms. The minimum absolute atomic E-state index is 0.112. The smallest absolute Gasteiger partial charge is 0.360 e. The Morgan fingerprint density at radius 2 is 1.31 bits per heavy atom. The van der Waals surface area contributed by atoms with Crippen LogP contribution < -0.4 is 0 Å². The number of methoxy groups -OCH3 is 3. The summed E-state index contributed by atoms with van der Waals surface area (Å²) in [5.74, 6) is -0.386. The van der Waals surface area contributed by atoms with Crippen LogP contribution in [-0.4, -0.2) is 46.1 Å². The van der Waals surface area contributed by atoms with Crippen LogP contribution in [0.15, 0.2) is 59.9 Å². The average Bonchev–Trinajstić information content (AvgIpc) is 2.85. The number of oxime groups is 1. The number of hydrogen-bond acceptors (Lipinski definition) is 7. The first-order valence-electron chi connectivity index (χ1n) is 9.28. The third kappa shape index (κ3) is 7.59. The Morgan fingerprint density at radius 1 is 0.812 bits per heavy atom. The molecule has 0 saturated heterocycles. The van der Waals surface area contributed by atoms with Gasteiger partial charge in [-0.25, -0.2) is 9.59 Å². The summed E-state index contributed by atoms with van der Waals surface area (Å²) in [7, 11) is 5.46. The summed E-state index contributed by atoms with van der Waals surface area (Å²) in [4.78, 5) is 27.7. The Hall–Kier alpha value is -3.03. The van der Waals surface area contributed by atoms with Crippen molar-refractivity contribution in [2.75, 3.05) is 28.4 Å². The lowest BCUT2D eigenvalue weighted by molar-refractivity contribution is -0.134. The summed E-state index contributed by atoms with van der Waals surface area (Å²) in [5, 5.41) is 3.66. The minimum atomic E-state index is -0.556. The average molecular weight is 482 g/mol. The summed E-state index contributed by atoms with van der Waals surface area (Å²) in [6.07, 6.45) is 1.36. The van der Waals surface area contributed by atoms with Gasteiger partial charge in [-0.1, -0.05) is 53.7 Å². The molecule has 0 spiro atoms. The fourth-order valence-electron chi connectivity index (χ4n) is 2.60. The number of hydrogen-bond donors (Lipinski definition) is 0. The van der Waals surface area contributed by atoms with Crippen molar-refractivity contribution in [2.24, 2.45) is 5.16 Å². The highest BCUT2D eigenvalue weighted by Gasteiger charge is 2.18. The highest BCUT2D eigenvalue weighted by Crippen LogP contribution is 2.22. The Bertz CT molecular complexity index is 882. The number of carbonyl (C=O) groups excluding carboxylic acids is 2. The predicted octanol–water partition coefficient (Wildman–Crippen LogP) is 4.53. The summed E-state index contributed by atoms with van der Waals surface area (Å²) in [6.45, 7) is 0. The van der Waals surface area contributed by atoms with E-state index in [1.165, 1.54) is 34.7 Å². The van der Waals surface area contributed by atoms with Crippen LogP contribution in [0.1, 0.15) is 22.3 Å². The van der Waals surface area contributed by atoms with Crippen molar-refractivity contribution in [2.45, 2.75) is 11.8 Å². The molecule has 0 fully saturated rings. The van der Waals surface area contributed by atoms with E-state index in [4.69, 9.17) is 27.9 Å². The Morgan fingerprint density at radius 3 is 1.78 bits per heavy atom. The molecule has 0 aromatic heterocycles. The molecule has 0 aliphatic rings. The second-order valence-electron chi connectivity index (χ2n) is 5.95. The van der Waals surface area contributed by atoms with Crippen molar-refractivity contribution in [3.8, 4) is 0 Å². The van der Waals surface area contributed by atoms with Crippen LogP contribution >= 0.6 is 23.2 Å². The molecule has 0 radical (unpaired) electrons. The van der Waals surface area contributed by atoms with Gasteiger partial charge >= 0.3 is 11.9 Å². The van der Waals surface area contributed by atoms with Gasteiger partial charge < -0.3 is 19.0 Å². The van der Waals surface area contributed by atoms with Gasteiger partial charge in [0.1, 0.15) is 12.7 Å². The molecule has 0 unspecified atom stereocenters. The zero-order chi connectivity index (χ0) is 23.9. The van der Waals surface area contributed by atoms with E-state index >= 15 is 0 Å². The quantitative estimate of drug-likeness (QED) is 0.137. The van der Waals surface area contributed by atoms with E-state index in [0.717, 1.165) is 16.7 Å². The molecule has 7 nitrogen and oxygen atoms in total. The number of nitrogens with zero attached hydrogens (tertiary/aromatic N) is 1. The molecule has 9 heteroatoms. The highest BCUT2D eigenvalue weighted by atomic mass is 35.5. The third-order valence-electron chi connectivity index (χ3n) is 4.07. The topological polar surface area (TPSA) is 83.4 Å². The molecule has 0 atom stereocenters. The summed E-state index contributed by atoms with van der Waals surface area (Å²) < 4.78 is 14.2. The van der Waals surface area contributed by atoms with Gasteiger partial charge in [0, 0.05) is 17.3 Å². The first kappa shape index (κ1) is 27.0. The van der Waals surface area contributed by atoms with Gasteiger partial charge in [0.05, 0.1) is 27.6 Å². The van der Waals surface area contributed by atoms with E-state index < -0.39 is 11.9 Å². The lowest BCUT2D eigenvalue weighted by atomic mass is 10.0. The van der Waals surface area contributed by atoms with Crippen molar-refractivity contribution in [3.63, 3.8) is 0 Å². The molecule has 0 N–H and O–H groups in total. The van der Waals surface area contributed by atoms with Crippen LogP contribution in [-0.2, 0) is 40.4 Å². The number of esters is 2. The van der Waals surface area contributed by atoms with E-state index in [-0.39, 0.29) is 11.6 Å². The van der Waals surface area contributed by atoms with Gasteiger partial charge in [0.25, 0.3) is 0 Å². The fourth-order valence-corrected chi connectivity index (χ4v) is 3.07. The van der Waals surface area contributed by atoms with Gasteiger partial charge in [-0.05, 0) is 16.7 Å². The standard InChI is InChI=1S/C12H13ClO3.C11H12ClNO3/c1-15-8-11(12(14)16-2)10-6-4-3-5-9(10)7-13;1-15-11(14)10(13-16-2)9-6-4-3-5-8(9)7-12/h3-6,8H,7H2,1-2H3;3-6H,7H2,1-2H3/b11-8+;13-10+. The van der Waals surface area contributed by atoms with E-state index in [1.54, 1.807) is 18.2 Å². The maximum absolute atomic E-state index is 11.6. The van der Waals surface area contributed by atoms with Gasteiger partial charge in [-0.2, -0.15) is 0 Å². The molecular weight excluding hydrogens is 457 g/mol. The Balaban J connectivity index is 0.000000320. The first-order chi connectivity index (χ1) is 15.5. The largest absolute Gasteiger partial charge is 0.503 e. The van der Waals surface area contributed by atoms with Crippen molar-refractivity contribution in [1.29, 1.82) is 0 Å². The van der Waals surface area contributed by atoms with Crippen molar-refractivity contribution < 1.29 is 28.6 Å². The fraction of sp³-hybridized carbons (Fsp3) is 0.261. The maximum atomic E-state index is 11.6. The van der Waals surface area contributed by atoms with Gasteiger partial charge in [0.2, 0.25) is 0 Å². The third-order valence-corrected chi connectivity index (χ3v) is 4.65. The van der Waals surface area contributed by atoms with Crippen molar-refractivity contribution in [1.82, 2.24) is 0 Å². The number of benzene rings is 2. The molecule has 0 aliphatic carbocycles. The molecule has 0 heterocycles. The predicted molar refractivity (Wildman–Crippen MR) is 125 cm³/mol. The van der Waals surface area contributed by atoms with Crippen molar-refractivity contribution in [3.05, 3.63) is 77.0 Å².